The van der Waals surface area contributed by atoms with Crippen molar-refractivity contribution < 1.29 is 4.79 Å². The summed E-state index contributed by atoms with van der Waals surface area (Å²) in [6, 6.07) is 10.1. The molecule has 1 amide bonds. The third kappa shape index (κ3) is 3.14. The van der Waals surface area contributed by atoms with Gasteiger partial charge in [0.1, 0.15) is 0 Å². The third-order valence-corrected chi connectivity index (χ3v) is 4.89. The van der Waals surface area contributed by atoms with E-state index in [0.29, 0.717) is 11.0 Å². The summed E-state index contributed by atoms with van der Waals surface area (Å²) >= 11 is 1.58. The second-order valence-corrected chi connectivity index (χ2v) is 6.60. The van der Waals surface area contributed by atoms with Gasteiger partial charge in [0.25, 0.3) is 0 Å². The first-order chi connectivity index (χ1) is 10.1. The zero-order valence-electron chi connectivity index (χ0n) is 12.0. The molecule has 3 N–H and O–H groups in total. The molecule has 0 saturated heterocycles. The van der Waals surface area contributed by atoms with Gasteiger partial charge in [-0.2, -0.15) is 0 Å². The van der Waals surface area contributed by atoms with Crippen LogP contribution >= 0.6 is 11.3 Å². The van der Waals surface area contributed by atoms with Gasteiger partial charge in [-0.1, -0.05) is 30.3 Å². The van der Waals surface area contributed by atoms with Crippen LogP contribution in [0.15, 0.2) is 30.3 Å². The standard InChI is InChI=1S/C16H19N3OS/c1-10(17)15(20)19-16-18-13-8-7-12(9-14(13)21-16)11-5-3-2-4-6-11/h2-6,10,12H,7-9,17H2,1H3,(H,18,19,20)/t10-,12?/m1/s1. The molecule has 1 aromatic carbocycles. The number of aryl methyl sites for hydroxylation is 1. The molecule has 1 heterocycles. The van der Waals surface area contributed by atoms with E-state index in [1.165, 1.54) is 10.4 Å². The van der Waals surface area contributed by atoms with Gasteiger partial charge in [0.05, 0.1) is 11.7 Å². The molecule has 4 nitrogen and oxygen atoms in total. The van der Waals surface area contributed by atoms with E-state index in [0.717, 1.165) is 25.0 Å². The maximum absolute atomic E-state index is 11.6. The van der Waals surface area contributed by atoms with Crippen LogP contribution in [0.5, 0.6) is 0 Å². The first kappa shape index (κ1) is 14.2. The predicted octanol–water partition coefficient (Wildman–Crippen LogP) is 2.70. The van der Waals surface area contributed by atoms with Gasteiger partial charge in [0.15, 0.2) is 5.13 Å². The molecule has 5 heteroatoms. The van der Waals surface area contributed by atoms with E-state index >= 15 is 0 Å². The molecule has 1 aliphatic rings. The number of hydrogen-bond donors (Lipinski definition) is 2. The third-order valence-electron chi connectivity index (χ3n) is 3.85. The van der Waals surface area contributed by atoms with Gasteiger partial charge >= 0.3 is 0 Å². The lowest BCUT2D eigenvalue weighted by Gasteiger charge is -2.21. The average Bonchev–Trinajstić information content (AvgIpc) is 2.89. The summed E-state index contributed by atoms with van der Waals surface area (Å²) in [5.74, 6) is 0.372. The molecule has 1 aliphatic carbocycles. The molecule has 2 aromatic rings. The summed E-state index contributed by atoms with van der Waals surface area (Å²) in [4.78, 5) is 17.5. The molecule has 0 aliphatic heterocycles. The zero-order valence-corrected chi connectivity index (χ0v) is 12.8. The summed E-state index contributed by atoms with van der Waals surface area (Å²) < 4.78 is 0. The van der Waals surface area contributed by atoms with Crippen LogP contribution in [-0.4, -0.2) is 16.9 Å². The molecular formula is C16H19N3OS. The maximum Gasteiger partial charge on any atom is 0.242 e. The van der Waals surface area contributed by atoms with Crippen molar-refractivity contribution in [1.82, 2.24) is 4.98 Å². The molecule has 1 unspecified atom stereocenters. The lowest BCUT2D eigenvalue weighted by molar-refractivity contribution is -0.117. The van der Waals surface area contributed by atoms with Crippen LogP contribution in [0.25, 0.3) is 0 Å². The maximum atomic E-state index is 11.6. The van der Waals surface area contributed by atoms with Gasteiger partial charge in [0, 0.05) is 4.88 Å². The van der Waals surface area contributed by atoms with Crippen molar-refractivity contribution in [2.75, 3.05) is 5.32 Å². The summed E-state index contributed by atoms with van der Waals surface area (Å²) in [6.07, 6.45) is 3.09. The van der Waals surface area contributed by atoms with Gasteiger partial charge in [-0.3, -0.25) is 4.79 Å². The highest BCUT2D eigenvalue weighted by molar-refractivity contribution is 7.15. The molecule has 2 atom stereocenters. The van der Waals surface area contributed by atoms with E-state index in [-0.39, 0.29) is 5.91 Å². The van der Waals surface area contributed by atoms with Gasteiger partial charge in [-0.15, -0.1) is 11.3 Å². The first-order valence-corrected chi connectivity index (χ1v) is 8.05. The number of nitrogens with zero attached hydrogens (tertiary/aromatic N) is 1. The smallest absolute Gasteiger partial charge is 0.242 e. The van der Waals surface area contributed by atoms with E-state index < -0.39 is 6.04 Å². The normalized spacial score (nSPS) is 18.9. The number of aromatic nitrogens is 1. The Morgan fingerprint density at radius 2 is 2.19 bits per heavy atom. The van der Waals surface area contributed by atoms with E-state index in [1.54, 1.807) is 18.3 Å². The Morgan fingerprint density at radius 1 is 1.43 bits per heavy atom. The number of fused-ring (bicyclic) bond motifs is 1. The number of rotatable bonds is 3. The zero-order chi connectivity index (χ0) is 14.8. The Bertz CT molecular complexity index is 636. The number of nitrogens with two attached hydrogens (primary N) is 1. The summed E-state index contributed by atoms with van der Waals surface area (Å²) in [6.45, 7) is 1.67. The number of benzene rings is 1. The van der Waals surface area contributed by atoms with E-state index in [9.17, 15) is 4.79 Å². The van der Waals surface area contributed by atoms with Crippen LogP contribution in [0, 0.1) is 0 Å². The number of carbonyl (C=O) groups is 1. The SMILES string of the molecule is C[C@@H](N)C(=O)Nc1nc2c(s1)CC(c1ccccc1)CC2. The lowest BCUT2D eigenvalue weighted by Crippen LogP contribution is -2.32. The molecule has 0 radical (unpaired) electrons. The van der Waals surface area contributed by atoms with E-state index in [1.807, 2.05) is 6.07 Å². The molecule has 0 saturated carbocycles. The van der Waals surface area contributed by atoms with Gasteiger partial charge in [-0.25, -0.2) is 4.98 Å². The first-order valence-electron chi connectivity index (χ1n) is 7.23. The van der Waals surface area contributed by atoms with Crippen molar-refractivity contribution in [3.8, 4) is 0 Å². The van der Waals surface area contributed by atoms with Gasteiger partial charge in [0.2, 0.25) is 5.91 Å². The van der Waals surface area contributed by atoms with Crippen molar-refractivity contribution >= 4 is 22.4 Å². The Morgan fingerprint density at radius 3 is 2.90 bits per heavy atom. The van der Waals surface area contributed by atoms with Crippen LogP contribution in [0.1, 0.15) is 35.4 Å². The molecular weight excluding hydrogens is 282 g/mol. The number of anilines is 1. The number of thiazole rings is 1. The Kier molecular flexibility index (Phi) is 4.03. The molecule has 0 bridgehead atoms. The minimum absolute atomic E-state index is 0.180. The van der Waals surface area contributed by atoms with Gasteiger partial charge in [-0.05, 0) is 37.7 Å². The summed E-state index contributed by atoms with van der Waals surface area (Å²) in [7, 11) is 0. The highest BCUT2D eigenvalue weighted by Gasteiger charge is 2.24. The molecule has 110 valence electrons. The highest BCUT2D eigenvalue weighted by atomic mass is 32.1. The van der Waals surface area contributed by atoms with Crippen LogP contribution < -0.4 is 11.1 Å². The van der Waals surface area contributed by atoms with Crippen molar-refractivity contribution in [3.63, 3.8) is 0 Å². The predicted molar refractivity (Wildman–Crippen MR) is 85.6 cm³/mol. The number of amides is 1. The molecule has 3 rings (SSSR count). The number of carbonyl (C=O) groups excluding carboxylic acids is 1. The van der Waals surface area contributed by atoms with Crippen LogP contribution in [0.4, 0.5) is 5.13 Å². The van der Waals surface area contributed by atoms with E-state index in [4.69, 9.17) is 5.73 Å². The van der Waals surface area contributed by atoms with Crippen molar-refractivity contribution in [2.45, 2.75) is 38.1 Å². The average molecular weight is 301 g/mol. The minimum atomic E-state index is -0.511. The Hall–Kier alpha value is -1.72. The van der Waals surface area contributed by atoms with E-state index in [2.05, 4.69) is 34.6 Å². The quantitative estimate of drug-likeness (QED) is 0.916. The van der Waals surface area contributed by atoms with Crippen molar-refractivity contribution in [1.29, 1.82) is 0 Å². The monoisotopic (exact) mass is 301 g/mol. The van der Waals surface area contributed by atoms with Gasteiger partial charge < -0.3 is 11.1 Å². The Labute approximate surface area is 128 Å². The highest BCUT2D eigenvalue weighted by Crippen LogP contribution is 2.36. The molecule has 0 spiro atoms. The fraction of sp³-hybridized carbons (Fsp3) is 0.375. The largest absolute Gasteiger partial charge is 0.320 e. The molecule has 1 aromatic heterocycles. The van der Waals surface area contributed by atoms with Crippen LogP contribution in [0.3, 0.4) is 0 Å². The topological polar surface area (TPSA) is 68.0 Å². The van der Waals surface area contributed by atoms with Crippen molar-refractivity contribution in [2.24, 2.45) is 5.73 Å². The number of hydrogen-bond acceptors (Lipinski definition) is 4. The van der Waals surface area contributed by atoms with Crippen molar-refractivity contribution in [3.05, 3.63) is 46.5 Å². The Balaban J connectivity index is 1.75. The minimum Gasteiger partial charge on any atom is -0.320 e. The summed E-state index contributed by atoms with van der Waals surface area (Å²) in [5, 5.41) is 3.47. The van der Waals surface area contributed by atoms with Crippen LogP contribution in [0.2, 0.25) is 0 Å². The van der Waals surface area contributed by atoms with Crippen LogP contribution in [-0.2, 0) is 17.6 Å². The fourth-order valence-corrected chi connectivity index (χ4v) is 3.75. The summed E-state index contributed by atoms with van der Waals surface area (Å²) in [5.41, 5.74) is 8.09. The second-order valence-electron chi connectivity index (χ2n) is 5.52. The molecule has 0 fully saturated rings. The molecule has 21 heavy (non-hydrogen) atoms. The number of nitrogens with one attached hydrogen (secondary N) is 1. The second kappa shape index (κ2) is 5.95. The lowest BCUT2D eigenvalue weighted by atomic mass is 9.85. The fourth-order valence-electron chi connectivity index (χ4n) is 2.66.